The average molecular weight is 417 g/mol. The van der Waals surface area contributed by atoms with E-state index in [9.17, 15) is 9.59 Å². The molecule has 1 unspecified atom stereocenters. The Bertz CT molecular complexity index is 758. The third-order valence-electron chi connectivity index (χ3n) is 6.10. The Kier molecular flexibility index (Phi) is 7.28. The maximum Gasteiger partial charge on any atom is 0.254 e. The fraction of sp³-hybridized carbons (Fsp3) is 0.727. The van der Waals surface area contributed by atoms with Crippen LogP contribution in [0.3, 0.4) is 0 Å². The van der Waals surface area contributed by atoms with Gasteiger partial charge in [0, 0.05) is 51.8 Å². The largest absolute Gasteiger partial charge is 0.350 e. The fourth-order valence-electron chi connectivity index (χ4n) is 4.28. The van der Waals surface area contributed by atoms with Gasteiger partial charge in [-0.2, -0.15) is 0 Å². The number of piperidine rings is 1. The van der Waals surface area contributed by atoms with Crippen LogP contribution in [0.1, 0.15) is 61.5 Å². The molecule has 30 heavy (non-hydrogen) atoms. The monoisotopic (exact) mass is 416 g/mol. The van der Waals surface area contributed by atoms with Gasteiger partial charge in [-0.1, -0.05) is 0 Å². The van der Waals surface area contributed by atoms with Crippen LogP contribution in [-0.2, 0) is 4.79 Å². The Balaban J connectivity index is 1.71. The van der Waals surface area contributed by atoms with E-state index in [-0.39, 0.29) is 23.8 Å². The minimum Gasteiger partial charge on any atom is -0.350 e. The molecule has 0 spiro atoms. The van der Waals surface area contributed by atoms with Crippen LogP contribution in [0.15, 0.2) is 6.20 Å². The number of nitrogens with one attached hydrogen (secondary N) is 1. The summed E-state index contributed by atoms with van der Waals surface area (Å²) in [4.78, 5) is 40.8. The molecular weight excluding hydrogens is 380 g/mol. The molecule has 0 bridgehead atoms. The number of aromatic nitrogens is 2. The quantitative estimate of drug-likeness (QED) is 0.761. The van der Waals surface area contributed by atoms with Gasteiger partial charge in [-0.15, -0.1) is 0 Å². The summed E-state index contributed by atoms with van der Waals surface area (Å²) in [5.41, 5.74) is 1.27. The molecule has 166 valence electrons. The molecule has 8 nitrogen and oxygen atoms in total. The zero-order valence-electron chi connectivity index (χ0n) is 19.0. The molecule has 2 aliphatic heterocycles. The van der Waals surface area contributed by atoms with E-state index >= 15 is 0 Å². The lowest BCUT2D eigenvalue weighted by Crippen LogP contribution is -2.35. The smallest absolute Gasteiger partial charge is 0.254 e. The summed E-state index contributed by atoms with van der Waals surface area (Å²) in [7, 11) is 5.91. The Morgan fingerprint density at radius 3 is 2.53 bits per heavy atom. The van der Waals surface area contributed by atoms with Crippen LogP contribution in [0.25, 0.3) is 0 Å². The summed E-state index contributed by atoms with van der Waals surface area (Å²) in [6, 6.07) is 0.0371. The van der Waals surface area contributed by atoms with E-state index in [1.165, 1.54) is 0 Å². The first-order valence-electron chi connectivity index (χ1n) is 11.1. The summed E-state index contributed by atoms with van der Waals surface area (Å²) in [6.07, 6.45) is 5.27. The SMILES string of the molecule is CC(C)NC(=O)c1cnc(N(C)C)nc1C1CCN(C(=O)CC2CCN(C)CC2)C1. The number of likely N-dealkylation sites (tertiary alicyclic amines) is 2. The molecule has 2 saturated heterocycles. The van der Waals surface area contributed by atoms with Crippen LogP contribution in [0.4, 0.5) is 5.95 Å². The van der Waals surface area contributed by atoms with Crippen molar-refractivity contribution < 1.29 is 9.59 Å². The van der Waals surface area contributed by atoms with Gasteiger partial charge in [-0.3, -0.25) is 9.59 Å². The van der Waals surface area contributed by atoms with E-state index < -0.39 is 0 Å². The van der Waals surface area contributed by atoms with Gasteiger partial charge in [-0.25, -0.2) is 9.97 Å². The second kappa shape index (κ2) is 9.73. The van der Waals surface area contributed by atoms with Crippen LogP contribution >= 0.6 is 0 Å². The highest BCUT2D eigenvalue weighted by Crippen LogP contribution is 2.31. The lowest BCUT2D eigenvalue weighted by Gasteiger charge is -2.29. The molecule has 0 radical (unpaired) electrons. The second-order valence-electron chi connectivity index (χ2n) is 9.27. The Morgan fingerprint density at radius 1 is 1.20 bits per heavy atom. The van der Waals surface area contributed by atoms with Crippen molar-refractivity contribution in [3.8, 4) is 0 Å². The lowest BCUT2D eigenvalue weighted by atomic mass is 9.93. The van der Waals surface area contributed by atoms with Crippen molar-refractivity contribution in [2.24, 2.45) is 5.92 Å². The van der Waals surface area contributed by atoms with Crippen molar-refractivity contribution in [1.82, 2.24) is 25.1 Å². The Labute approximate surface area is 180 Å². The summed E-state index contributed by atoms with van der Waals surface area (Å²) >= 11 is 0. The molecule has 1 N–H and O–H groups in total. The number of anilines is 1. The van der Waals surface area contributed by atoms with E-state index in [2.05, 4.69) is 22.2 Å². The van der Waals surface area contributed by atoms with Crippen molar-refractivity contribution in [3.05, 3.63) is 17.5 Å². The third-order valence-corrected chi connectivity index (χ3v) is 6.10. The van der Waals surface area contributed by atoms with Gasteiger partial charge in [0.05, 0.1) is 11.3 Å². The van der Waals surface area contributed by atoms with Gasteiger partial charge in [-0.05, 0) is 59.2 Å². The molecule has 0 saturated carbocycles. The molecule has 3 rings (SSSR count). The molecule has 2 fully saturated rings. The Morgan fingerprint density at radius 2 is 1.90 bits per heavy atom. The molecule has 0 aromatic carbocycles. The predicted molar refractivity (Wildman–Crippen MR) is 118 cm³/mol. The molecule has 3 heterocycles. The maximum atomic E-state index is 12.9. The second-order valence-corrected chi connectivity index (χ2v) is 9.27. The first kappa shape index (κ1) is 22.5. The number of nitrogens with zero attached hydrogens (tertiary/aromatic N) is 5. The topological polar surface area (TPSA) is 81.7 Å². The van der Waals surface area contributed by atoms with Crippen molar-refractivity contribution in [2.75, 3.05) is 52.2 Å². The normalized spacial score (nSPS) is 20.6. The highest BCUT2D eigenvalue weighted by molar-refractivity contribution is 5.95. The molecule has 2 aliphatic rings. The highest BCUT2D eigenvalue weighted by atomic mass is 16.2. The molecular formula is C22H36N6O2. The molecule has 1 aromatic rings. The first-order valence-corrected chi connectivity index (χ1v) is 11.1. The minimum absolute atomic E-state index is 0.0371. The third kappa shape index (κ3) is 5.47. The number of amides is 2. The zero-order chi connectivity index (χ0) is 21.8. The van der Waals surface area contributed by atoms with Crippen molar-refractivity contribution in [1.29, 1.82) is 0 Å². The fourth-order valence-corrected chi connectivity index (χ4v) is 4.28. The van der Waals surface area contributed by atoms with Crippen LogP contribution in [-0.4, -0.2) is 84.9 Å². The highest BCUT2D eigenvalue weighted by Gasteiger charge is 2.33. The van der Waals surface area contributed by atoms with Gasteiger partial charge >= 0.3 is 0 Å². The van der Waals surface area contributed by atoms with Crippen LogP contribution in [0.2, 0.25) is 0 Å². The molecule has 8 heteroatoms. The number of carbonyl (C=O) groups is 2. The van der Waals surface area contributed by atoms with E-state index in [4.69, 9.17) is 4.98 Å². The van der Waals surface area contributed by atoms with E-state index in [1.807, 2.05) is 37.7 Å². The maximum absolute atomic E-state index is 12.9. The number of hydrogen-bond donors (Lipinski definition) is 1. The van der Waals surface area contributed by atoms with Gasteiger partial charge in [0.1, 0.15) is 0 Å². The van der Waals surface area contributed by atoms with Gasteiger partial charge < -0.3 is 20.0 Å². The summed E-state index contributed by atoms with van der Waals surface area (Å²) in [6.45, 7) is 7.36. The van der Waals surface area contributed by atoms with Crippen LogP contribution in [0.5, 0.6) is 0 Å². The average Bonchev–Trinajstić information content (AvgIpc) is 3.19. The number of carbonyl (C=O) groups excluding carboxylic acids is 2. The van der Waals surface area contributed by atoms with Crippen LogP contribution in [0, 0.1) is 5.92 Å². The number of hydrogen-bond acceptors (Lipinski definition) is 6. The van der Waals surface area contributed by atoms with Gasteiger partial charge in [0.25, 0.3) is 5.91 Å². The molecule has 2 amide bonds. The van der Waals surface area contributed by atoms with E-state index in [1.54, 1.807) is 6.20 Å². The minimum atomic E-state index is -0.151. The number of rotatable bonds is 6. The molecule has 1 atom stereocenters. The Hall–Kier alpha value is -2.22. The van der Waals surface area contributed by atoms with Gasteiger partial charge in [0.15, 0.2) is 0 Å². The van der Waals surface area contributed by atoms with Gasteiger partial charge in [0.2, 0.25) is 11.9 Å². The van der Waals surface area contributed by atoms with Crippen molar-refractivity contribution >= 4 is 17.8 Å². The summed E-state index contributed by atoms with van der Waals surface area (Å²) in [5, 5.41) is 2.95. The summed E-state index contributed by atoms with van der Waals surface area (Å²) < 4.78 is 0. The van der Waals surface area contributed by atoms with Crippen molar-refractivity contribution in [3.63, 3.8) is 0 Å². The summed E-state index contributed by atoms with van der Waals surface area (Å²) in [5.74, 6) is 1.21. The molecule has 1 aromatic heterocycles. The van der Waals surface area contributed by atoms with E-state index in [0.717, 1.165) is 44.6 Å². The molecule has 0 aliphatic carbocycles. The standard InChI is InChI=1S/C22H36N6O2/c1-15(2)24-21(30)18-13-23-22(26(3)4)25-20(18)17-8-11-28(14-17)19(29)12-16-6-9-27(5)10-7-16/h13,15-17H,6-12,14H2,1-5H3,(H,24,30). The van der Waals surface area contributed by atoms with E-state index in [0.29, 0.717) is 30.4 Å². The van der Waals surface area contributed by atoms with Crippen LogP contribution < -0.4 is 10.2 Å². The lowest BCUT2D eigenvalue weighted by molar-refractivity contribution is -0.131. The zero-order valence-corrected chi connectivity index (χ0v) is 19.0. The predicted octanol–water partition coefficient (Wildman–Crippen LogP) is 1.73. The first-order chi connectivity index (χ1) is 14.2. The van der Waals surface area contributed by atoms with Crippen molar-refractivity contribution in [2.45, 2.75) is 51.5 Å².